The molecule has 5 heteroatoms. The van der Waals surface area contributed by atoms with Gasteiger partial charge in [-0.3, -0.25) is 4.79 Å². The highest BCUT2D eigenvalue weighted by atomic mass is 19.1. The van der Waals surface area contributed by atoms with Crippen molar-refractivity contribution in [3.05, 3.63) is 24.0 Å². The normalized spacial score (nSPS) is 15.4. The number of hydrogen-bond acceptors (Lipinski definition) is 3. The smallest absolute Gasteiger partial charge is 0.230 e. The monoisotopic (exact) mass is 224 g/mol. The molecule has 16 heavy (non-hydrogen) atoms. The predicted molar refractivity (Wildman–Crippen MR) is 57.9 cm³/mol. The summed E-state index contributed by atoms with van der Waals surface area (Å²) in [7, 11) is 1.49. The van der Waals surface area contributed by atoms with Crippen LogP contribution in [-0.4, -0.2) is 26.1 Å². The van der Waals surface area contributed by atoms with Crippen molar-refractivity contribution >= 4 is 11.6 Å². The summed E-state index contributed by atoms with van der Waals surface area (Å²) < 4.78 is 18.3. The average Bonchev–Trinajstić information content (AvgIpc) is 2.18. The minimum absolute atomic E-state index is 0.0643. The Labute approximate surface area is 92.8 Å². The van der Waals surface area contributed by atoms with Crippen molar-refractivity contribution in [1.82, 2.24) is 5.32 Å². The second-order valence-corrected chi connectivity index (χ2v) is 3.69. The molecular weight excluding hydrogens is 211 g/mol. The van der Waals surface area contributed by atoms with Crippen LogP contribution in [-0.2, 0) is 4.79 Å². The van der Waals surface area contributed by atoms with Gasteiger partial charge >= 0.3 is 0 Å². The van der Waals surface area contributed by atoms with Crippen molar-refractivity contribution in [3.63, 3.8) is 0 Å². The van der Waals surface area contributed by atoms with Crippen LogP contribution in [0.2, 0.25) is 0 Å². The first-order valence-electron chi connectivity index (χ1n) is 5.06. The largest absolute Gasteiger partial charge is 0.497 e. The number of rotatable bonds is 3. The minimum Gasteiger partial charge on any atom is -0.497 e. The summed E-state index contributed by atoms with van der Waals surface area (Å²) in [4.78, 5) is 11.6. The van der Waals surface area contributed by atoms with Gasteiger partial charge in [0.15, 0.2) is 0 Å². The van der Waals surface area contributed by atoms with Crippen molar-refractivity contribution in [2.24, 2.45) is 5.92 Å². The third kappa shape index (κ3) is 2.14. The van der Waals surface area contributed by atoms with E-state index in [9.17, 15) is 9.18 Å². The van der Waals surface area contributed by atoms with Gasteiger partial charge in [-0.2, -0.15) is 0 Å². The first kappa shape index (κ1) is 10.9. The highest BCUT2D eigenvalue weighted by Crippen LogP contribution is 2.21. The first-order valence-corrected chi connectivity index (χ1v) is 5.06. The molecule has 0 radical (unpaired) electrons. The summed E-state index contributed by atoms with van der Waals surface area (Å²) in [5.74, 6) is -0.165. The Hall–Kier alpha value is -1.62. The van der Waals surface area contributed by atoms with Crippen LogP contribution in [0.4, 0.5) is 10.1 Å². The van der Waals surface area contributed by atoms with Crippen LogP contribution in [0.25, 0.3) is 0 Å². The van der Waals surface area contributed by atoms with E-state index in [1.54, 1.807) is 0 Å². The van der Waals surface area contributed by atoms with Crippen molar-refractivity contribution in [2.45, 2.75) is 0 Å². The summed E-state index contributed by atoms with van der Waals surface area (Å²) >= 11 is 0. The molecule has 4 nitrogen and oxygen atoms in total. The van der Waals surface area contributed by atoms with Crippen LogP contribution in [0.15, 0.2) is 18.2 Å². The maximum Gasteiger partial charge on any atom is 0.230 e. The van der Waals surface area contributed by atoms with Crippen LogP contribution in [0.1, 0.15) is 0 Å². The van der Waals surface area contributed by atoms with E-state index in [1.165, 1.54) is 25.3 Å². The second-order valence-electron chi connectivity index (χ2n) is 3.69. The lowest BCUT2D eigenvalue weighted by Crippen LogP contribution is -2.48. The summed E-state index contributed by atoms with van der Waals surface area (Å²) in [6, 6.07) is 4.25. The summed E-state index contributed by atoms with van der Waals surface area (Å²) in [6.45, 7) is 1.30. The van der Waals surface area contributed by atoms with Crippen LogP contribution in [0.5, 0.6) is 5.75 Å². The lowest BCUT2D eigenvalue weighted by atomic mass is 10.0. The molecule has 0 saturated carbocycles. The molecule has 1 saturated heterocycles. The van der Waals surface area contributed by atoms with E-state index < -0.39 is 5.82 Å². The van der Waals surface area contributed by atoms with Gasteiger partial charge in [0.2, 0.25) is 5.91 Å². The fourth-order valence-electron chi connectivity index (χ4n) is 1.44. The number of methoxy groups -OCH3 is 1. The molecule has 0 atom stereocenters. The third-order valence-corrected chi connectivity index (χ3v) is 2.58. The highest BCUT2D eigenvalue weighted by molar-refractivity contribution is 5.93. The van der Waals surface area contributed by atoms with Gasteiger partial charge < -0.3 is 15.4 Å². The molecule has 1 fully saturated rings. The van der Waals surface area contributed by atoms with Crippen molar-refractivity contribution < 1.29 is 13.9 Å². The Morgan fingerprint density at radius 2 is 2.31 bits per heavy atom. The third-order valence-electron chi connectivity index (χ3n) is 2.58. The van der Waals surface area contributed by atoms with Crippen LogP contribution < -0.4 is 15.4 Å². The Morgan fingerprint density at radius 1 is 1.56 bits per heavy atom. The summed E-state index contributed by atoms with van der Waals surface area (Å²) in [5, 5.41) is 5.54. The quantitative estimate of drug-likeness (QED) is 0.805. The van der Waals surface area contributed by atoms with Crippen LogP contribution in [0, 0.1) is 11.7 Å². The molecule has 1 aromatic rings. The van der Waals surface area contributed by atoms with Gasteiger partial charge in [-0.15, -0.1) is 0 Å². The number of amides is 1. The average molecular weight is 224 g/mol. The highest BCUT2D eigenvalue weighted by Gasteiger charge is 2.25. The molecule has 1 aliphatic heterocycles. The molecule has 0 aromatic heterocycles. The number of benzene rings is 1. The summed E-state index contributed by atoms with van der Waals surface area (Å²) in [6.07, 6.45) is 0. The molecule has 0 unspecified atom stereocenters. The molecule has 2 rings (SSSR count). The second kappa shape index (κ2) is 4.49. The van der Waals surface area contributed by atoms with Gasteiger partial charge in [0.05, 0.1) is 18.7 Å². The van der Waals surface area contributed by atoms with Crippen LogP contribution >= 0.6 is 0 Å². The van der Waals surface area contributed by atoms with Gasteiger partial charge in [0.25, 0.3) is 0 Å². The lowest BCUT2D eigenvalue weighted by Gasteiger charge is -2.25. The fraction of sp³-hybridized carbons (Fsp3) is 0.364. The number of anilines is 1. The SMILES string of the molecule is COc1ccc(F)c(NC(=O)C2CNC2)c1. The van der Waals surface area contributed by atoms with Crippen LogP contribution in [0.3, 0.4) is 0 Å². The Balaban J connectivity index is 2.09. The lowest BCUT2D eigenvalue weighted by molar-refractivity contribution is -0.121. The van der Waals surface area contributed by atoms with E-state index in [0.717, 1.165) is 0 Å². The topological polar surface area (TPSA) is 50.4 Å². The number of halogens is 1. The zero-order valence-electron chi connectivity index (χ0n) is 8.92. The standard InChI is InChI=1S/C11H13FN2O2/c1-16-8-2-3-9(12)10(4-8)14-11(15)7-5-13-6-7/h2-4,7,13H,5-6H2,1H3,(H,14,15). The molecule has 1 amide bonds. The molecule has 1 aliphatic rings. The zero-order valence-corrected chi connectivity index (χ0v) is 8.92. The molecular formula is C11H13FN2O2. The Bertz CT molecular complexity index is 405. The maximum absolute atomic E-state index is 13.4. The van der Waals surface area contributed by atoms with Crippen molar-refractivity contribution in [3.8, 4) is 5.75 Å². The number of ether oxygens (including phenoxy) is 1. The number of hydrogen-bond donors (Lipinski definition) is 2. The van der Waals surface area contributed by atoms with Gasteiger partial charge in [-0.25, -0.2) is 4.39 Å². The van der Waals surface area contributed by atoms with Crippen molar-refractivity contribution in [2.75, 3.05) is 25.5 Å². The molecule has 0 spiro atoms. The van der Waals surface area contributed by atoms with E-state index in [4.69, 9.17) is 4.74 Å². The van der Waals surface area contributed by atoms with E-state index in [-0.39, 0.29) is 17.5 Å². The number of nitrogens with one attached hydrogen (secondary N) is 2. The van der Waals surface area contributed by atoms with E-state index in [2.05, 4.69) is 10.6 Å². The number of carbonyl (C=O) groups is 1. The zero-order chi connectivity index (χ0) is 11.5. The van der Waals surface area contributed by atoms with E-state index in [1.807, 2.05) is 0 Å². The van der Waals surface area contributed by atoms with Gasteiger partial charge in [0.1, 0.15) is 11.6 Å². The molecule has 0 bridgehead atoms. The van der Waals surface area contributed by atoms with E-state index >= 15 is 0 Å². The Morgan fingerprint density at radius 3 is 2.88 bits per heavy atom. The van der Waals surface area contributed by atoms with Crippen molar-refractivity contribution in [1.29, 1.82) is 0 Å². The minimum atomic E-state index is -0.457. The Kier molecular flexibility index (Phi) is 3.05. The first-order chi connectivity index (χ1) is 7.70. The van der Waals surface area contributed by atoms with Gasteiger partial charge in [-0.1, -0.05) is 0 Å². The molecule has 1 heterocycles. The predicted octanol–water partition coefficient (Wildman–Crippen LogP) is 0.992. The van der Waals surface area contributed by atoms with Gasteiger partial charge in [-0.05, 0) is 12.1 Å². The molecule has 2 N–H and O–H groups in total. The number of carbonyl (C=O) groups excluding carboxylic acids is 1. The maximum atomic E-state index is 13.4. The summed E-state index contributed by atoms with van der Waals surface area (Å²) in [5.41, 5.74) is 0.163. The molecule has 86 valence electrons. The molecule has 0 aliphatic carbocycles. The molecule has 1 aromatic carbocycles. The van der Waals surface area contributed by atoms with Gasteiger partial charge in [0, 0.05) is 19.2 Å². The fourth-order valence-corrected chi connectivity index (χ4v) is 1.44. The van der Waals surface area contributed by atoms with E-state index in [0.29, 0.717) is 18.8 Å².